The Morgan fingerprint density at radius 2 is 1.38 bits per heavy atom. The molecule has 1 aromatic heterocycles. The summed E-state index contributed by atoms with van der Waals surface area (Å²) in [4.78, 5) is 8.84. The number of para-hydroxylation sites is 1. The molecule has 0 radical (unpaired) electrons. The SMILES string of the molecule is CC1=C(Nc2nc(-c3ccccc3C(F)(F)F)nc3ccccc23)c2cccc(C(F)(F)F)c2C(C)C1. The molecule has 1 heterocycles. The third kappa shape index (κ3) is 4.54. The maximum absolute atomic E-state index is 13.8. The third-order valence-electron chi connectivity index (χ3n) is 6.53. The summed E-state index contributed by atoms with van der Waals surface area (Å²) in [6, 6.07) is 15.9. The van der Waals surface area contributed by atoms with Crippen LogP contribution in [-0.4, -0.2) is 9.97 Å². The first-order valence-electron chi connectivity index (χ1n) is 11.6. The summed E-state index contributed by atoms with van der Waals surface area (Å²) in [5.74, 6) is -0.291. The van der Waals surface area contributed by atoms with E-state index in [2.05, 4.69) is 15.3 Å². The lowest BCUT2D eigenvalue weighted by Crippen LogP contribution is -2.19. The van der Waals surface area contributed by atoms with E-state index in [9.17, 15) is 26.3 Å². The predicted molar refractivity (Wildman–Crippen MR) is 131 cm³/mol. The molecule has 1 atom stereocenters. The van der Waals surface area contributed by atoms with Crippen LogP contribution in [0.1, 0.15) is 48.4 Å². The average Bonchev–Trinajstić information content (AvgIpc) is 2.84. The van der Waals surface area contributed by atoms with Gasteiger partial charge in [0.05, 0.1) is 16.6 Å². The average molecular weight is 513 g/mol. The Kier molecular flexibility index (Phi) is 5.96. The molecule has 190 valence electrons. The highest BCUT2D eigenvalue weighted by Crippen LogP contribution is 2.45. The molecule has 4 aromatic rings. The van der Waals surface area contributed by atoms with Gasteiger partial charge in [-0.05, 0) is 54.7 Å². The van der Waals surface area contributed by atoms with Crippen LogP contribution in [0.25, 0.3) is 28.0 Å². The Morgan fingerprint density at radius 1 is 0.757 bits per heavy atom. The minimum absolute atomic E-state index is 0.138. The number of nitrogens with zero attached hydrogens (tertiary/aromatic N) is 2. The van der Waals surface area contributed by atoms with E-state index in [1.165, 1.54) is 24.3 Å². The second-order valence-electron chi connectivity index (χ2n) is 9.11. The standard InChI is InChI=1S/C28H21F6N3/c1-15-14-16(2)24(19-10-7-12-21(23(15)19)28(32,33)34)36-26-18-9-4-6-13-22(18)35-25(37-26)17-8-3-5-11-20(17)27(29,30)31/h3-13,15H,14H2,1-2H3,(H,35,36,37). The molecule has 9 heteroatoms. The third-order valence-corrected chi connectivity index (χ3v) is 6.53. The van der Waals surface area contributed by atoms with Gasteiger partial charge in [0.2, 0.25) is 0 Å². The number of anilines is 1. The van der Waals surface area contributed by atoms with E-state index in [0.29, 0.717) is 28.6 Å². The van der Waals surface area contributed by atoms with Crippen LogP contribution in [0.4, 0.5) is 32.2 Å². The van der Waals surface area contributed by atoms with Crippen molar-refractivity contribution < 1.29 is 26.3 Å². The molecular formula is C28H21F6N3. The molecule has 0 saturated heterocycles. The number of hydrogen-bond acceptors (Lipinski definition) is 3. The second-order valence-corrected chi connectivity index (χ2v) is 9.11. The maximum atomic E-state index is 13.8. The van der Waals surface area contributed by atoms with Crippen molar-refractivity contribution in [1.82, 2.24) is 9.97 Å². The molecule has 3 aromatic carbocycles. The first-order chi connectivity index (χ1) is 17.4. The zero-order valence-electron chi connectivity index (χ0n) is 19.8. The summed E-state index contributed by atoms with van der Waals surface area (Å²) < 4.78 is 82.7. The van der Waals surface area contributed by atoms with E-state index in [-0.39, 0.29) is 28.7 Å². The van der Waals surface area contributed by atoms with Crippen LogP contribution in [0.15, 0.2) is 72.3 Å². The van der Waals surface area contributed by atoms with Gasteiger partial charge in [-0.1, -0.05) is 49.4 Å². The molecule has 3 nitrogen and oxygen atoms in total. The summed E-state index contributed by atoms with van der Waals surface area (Å²) in [7, 11) is 0. The van der Waals surface area contributed by atoms with Crippen molar-refractivity contribution in [2.75, 3.05) is 5.32 Å². The molecule has 0 amide bonds. The van der Waals surface area contributed by atoms with E-state index in [4.69, 9.17) is 0 Å². The molecule has 0 spiro atoms. The van der Waals surface area contributed by atoms with E-state index >= 15 is 0 Å². The van der Waals surface area contributed by atoms with Gasteiger partial charge in [0.1, 0.15) is 5.82 Å². The van der Waals surface area contributed by atoms with E-state index in [1.807, 2.05) is 6.92 Å². The Labute approximate surface area is 208 Å². The number of benzene rings is 3. The molecule has 0 saturated carbocycles. The molecule has 0 bridgehead atoms. The van der Waals surface area contributed by atoms with Crippen molar-refractivity contribution >= 4 is 22.4 Å². The van der Waals surface area contributed by atoms with Crippen LogP contribution in [0, 0.1) is 0 Å². The smallest absolute Gasteiger partial charge is 0.339 e. The van der Waals surface area contributed by atoms with Crippen LogP contribution >= 0.6 is 0 Å². The van der Waals surface area contributed by atoms with Crippen LogP contribution in [0.2, 0.25) is 0 Å². The van der Waals surface area contributed by atoms with Gasteiger partial charge in [-0.2, -0.15) is 26.3 Å². The number of halogens is 6. The molecule has 1 unspecified atom stereocenters. The summed E-state index contributed by atoms with van der Waals surface area (Å²) in [6.07, 6.45) is -8.76. The molecular weight excluding hydrogens is 492 g/mol. The Morgan fingerprint density at radius 3 is 2.11 bits per heavy atom. The lowest BCUT2D eigenvalue weighted by molar-refractivity contribution is -0.138. The largest absolute Gasteiger partial charge is 0.417 e. The molecule has 37 heavy (non-hydrogen) atoms. The molecule has 0 aliphatic heterocycles. The van der Waals surface area contributed by atoms with Gasteiger partial charge in [-0.15, -0.1) is 0 Å². The zero-order valence-corrected chi connectivity index (χ0v) is 19.8. The fourth-order valence-corrected chi connectivity index (χ4v) is 4.96. The topological polar surface area (TPSA) is 37.8 Å². The number of fused-ring (bicyclic) bond motifs is 2. The van der Waals surface area contributed by atoms with Crippen LogP contribution in [0.3, 0.4) is 0 Å². The lowest BCUT2D eigenvalue weighted by Gasteiger charge is -2.30. The molecule has 1 aliphatic rings. The number of allylic oxidation sites excluding steroid dienone is 1. The summed E-state index contributed by atoms with van der Waals surface area (Å²) in [5, 5.41) is 3.71. The van der Waals surface area contributed by atoms with Crippen LogP contribution in [-0.2, 0) is 12.4 Å². The first-order valence-corrected chi connectivity index (χ1v) is 11.6. The fraction of sp³-hybridized carbons (Fsp3) is 0.214. The monoisotopic (exact) mass is 513 g/mol. The van der Waals surface area contributed by atoms with E-state index in [1.54, 1.807) is 37.3 Å². The highest BCUT2D eigenvalue weighted by molar-refractivity contribution is 5.95. The molecule has 1 N–H and O–H groups in total. The first kappa shape index (κ1) is 24.8. The van der Waals surface area contributed by atoms with Crippen molar-refractivity contribution in [3.05, 3.63) is 94.6 Å². The van der Waals surface area contributed by atoms with E-state index in [0.717, 1.165) is 17.7 Å². The normalized spacial score (nSPS) is 16.2. The van der Waals surface area contributed by atoms with E-state index < -0.39 is 23.5 Å². The second kappa shape index (κ2) is 8.90. The zero-order chi connectivity index (χ0) is 26.5. The summed E-state index contributed by atoms with van der Waals surface area (Å²) in [5.41, 5.74) is 0.493. The molecule has 0 fully saturated rings. The fourth-order valence-electron chi connectivity index (χ4n) is 4.96. The predicted octanol–water partition coefficient (Wildman–Crippen LogP) is 8.68. The van der Waals surface area contributed by atoms with Gasteiger partial charge in [0, 0.05) is 22.2 Å². The van der Waals surface area contributed by atoms with Gasteiger partial charge in [-0.3, -0.25) is 0 Å². The highest BCUT2D eigenvalue weighted by Gasteiger charge is 2.38. The number of rotatable bonds is 3. The lowest BCUT2D eigenvalue weighted by atomic mass is 9.80. The van der Waals surface area contributed by atoms with Crippen molar-refractivity contribution in [2.24, 2.45) is 0 Å². The maximum Gasteiger partial charge on any atom is 0.417 e. The van der Waals surface area contributed by atoms with Gasteiger partial charge in [-0.25, -0.2) is 9.97 Å². The van der Waals surface area contributed by atoms with Crippen molar-refractivity contribution in [1.29, 1.82) is 0 Å². The quantitative estimate of drug-likeness (QED) is 0.279. The Balaban J connectivity index is 1.70. The highest BCUT2D eigenvalue weighted by atomic mass is 19.4. The van der Waals surface area contributed by atoms with Gasteiger partial charge >= 0.3 is 12.4 Å². The van der Waals surface area contributed by atoms with Gasteiger partial charge in [0.25, 0.3) is 0 Å². The Bertz CT molecular complexity index is 1540. The summed E-state index contributed by atoms with van der Waals surface area (Å²) in [6.45, 7) is 3.58. The molecule has 1 aliphatic carbocycles. The summed E-state index contributed by atoms with van der Waals surface area (Å²) >= 11 is 0. The number of nitrogens with one attached hydrogen (secondary N) is 1. The van der Waals surface area contributed by atoms with Crippen molar-refractivity contribution in [2.45, 2.75) is 38.5 Å². The van der Waals surface area contributed by atoms with Crippen LogP contribution < -0.4 is 5.32 Å². The van der Waals surface area contributed by atoms with Gasteiger partial charge < -0.3 is 5.32 Å². The number of alkyl halides is 6. The van der Waals surface area contributed by atoms with Crippen molar-refractivity contribution in [3.8, 4) is 11.4 Å². The molecule has 5 rings (SSSR count). The van der Waals surface area contributed by atoms with Crippen LogP contribution in [0.5, 0.6) is 0 Å². The van der Waals surface area contributed by atoms with Gasteiger partial charge in [0.15, 0.2) is 5.82 Å². The minimum atomic E-state index is -4.62. The Hall–Kier alpha value is -3.88. The number of aromatic nitrogens is 2. The minimum Gasteiger partial charge on any atom is -0.339 e. The number of hydrogen-bond donors (Lipinski definition) is 1. The van der Waals surface area contributed by atoms with Crippen molar-refractivity contribution in [3.63, 3.8) is 0 Å².